The van der Waals surface area contributed by atoms with Crippen LogP contribution in [0.3, 0.4) is 0 Å². The summed E-state index contributed by atoms with van der Waals surface area (Å²) in [5.41, 5.74) is 0. The summed E-state index contributed by atoms with van der Waals surface area (Å²) in [6, 6.07) is -1.37. The van der Waals surface area contributed by atoms with E-state index < -0.39 is 24.5 Å². The fourth-order valence-corrected chi connectivity index (χ4v) is 1.54. The number of nitrogens with one attached hydrogen (secondary N) is 1. The van der Waals surface area contributed by atoms with E-state index in [-0.39, 0.29) is 37.6 Å². The van der Waals surface area contributed by atoms with Crippen molar-refractivity contribution >= 4 is 23.7 Å². The lowest BCUT2D eigenvalue weighted by Gasteiger charge is -2.15. The van der Waals surface area contributed by atoms with Crippen LogP contribution in [0.15, 0.2) is 0 Å². The number of carboxylic acid groups (broad SMARTS) is 1. The van der Waals surface area contributed by atoms with E-state index in [4.69, 9.17) is 10.2 Å². The number of carbonyl (C=O) groups is 4. The Hall–Kier alpha value is -1.96. The maximum absolute atomic E-state index is 11.4. The predicted molar refractivity (Wildman–Crippen MR) is 57.2 cm³/mol. The number of likely N-dealkylation sites (tertiary alicyclic amines) is 1. The average Bonchev–Trinajstić information content (AvgIpc) is 2.63. The molecule has 3 N–H and O–H groups in total. The Labute approximate surface area is 103 Å². The maximum atomic E-state index is 11.4. The lowest BCUT2D eigenvalue weighted by molar-refractivity contribution is -0.144. The van der Waals surface area contributed by atoms with Gasteiger partial charge in [0.15, 0.2) is 0 Å². The Bertz CT molecular complexity index is 365. The number of nitrogens with zero attached hydrogens (tertiary/aromatic N) is 1. The largest absolute Gasteiger partial charge is 0.480 e. The molecule has 100 valence electrons. The molecular formula is C10H14N2O6. The van der Waals surface area contributed by atoms with Gasteiger partial charge in [0.05, 0.1) is 6.61 Å². The standard InChI is InChI=1S/C10H14N2O6/c13-5-6(10(17)18)11-7(14)3-4-12-8(15)1-2-9(12)16/h6,13H,1-5H2,(H,11,14)(H,17,18)/t6-/m1/s1. The molecule has 0 saturated carbocycles. The molecule has 1 fully saturated rings. The van der Waals surface area contributed by atoms with Crippen LogP contribution in [-0.4, -0.2) is 58.0 Å². The van der Waals surface area contributed by atoms with Crippen molar-refractivity contribution in [2.24, 2.45) is 0 Å². The van der Waals surface area contributed by atoms with Crippen LogP contribution >= 0.6 is 0 Å². The number of hydrogen-bond donors (Lipinski definition) is 3. The molecule has 0 spiro atoms. The van der Waals surface area contributed by atoms with Crippen LogP contribution in [0.5, 0.6) is 0 Å². The zero-order valence-corrected chi connectivity index (χ0v) is 9.59. The molecule has 0 radical (unpaired) electrons. The van der Waals surface area contributed by atoms with Crippen molar-refractivity contribution in [3.05, 3.63) is 0 Å². The molecule has 0 unspecified atom stereocenters. The van der Waals surface area contributed by atoms with Crippen LogP contribution < -0.4 is 5.32 Å². The molecule has 8 nitrogen and oxygen atoms in total. The van der Waals surface area contributed by atoms with E-state index in [1.54, 1.807) is 0 Å². The summed E-state index contributed by atoms with van der Waals surface area (Å²) in [5.74, 6) is -2.64. The monoisotopic (exact) mass is 258 g/mol. The van der Waals surface area contributed by atoms with Gasteiger partial charge < -0.3 is 15.5 Å². The first-order chi connectivity index (χ1) is 8.45. The molecule has 0 bridgehead atoms. The smallest absolute Gasteiger partial charge is 0.328 e. The normalized spacial score (nSPS) is 16.8. The first kappa shape index (κ1) is 14.1. The minimum absolute atomic E-state index is 0.0682. The van der Waals surface area contributed by atoms with Gasteiger partial charge in [0.2, 0.25) is 17.7 Å². The minimum Gasteiger partial charge on any atom is -0.480 e. The topological polar surface area (TPSA) is 124 Å². The van der Waals surface area contributed by atoms with E-state index in [1.165, 1.54) is 0 Å². The third-order valence-corrected chi connectivity index (χ3v) is 2.53. The lowest BCUT2D eigenvalue weighted by atomic mass is 10.3. The molecule has 0 aromatic rings. The van der Waals surface area contributed by atoms with Crippen molar-refractivity contribution < 1.29 is 29.4 Å². The van der Waals surface area contributed by atoms with Gasteiger partial charge in [0.1, 0.15) is 6.04 Å². The summed E-state index contributed by atoms with van der Waals surface area (Å²) in [5, 5.41) is 19.4. The highest BCUT2D eigenvalue weighted by Gasteiger charge is 2.29. The van der Waals surface area contributed by atoms with Crippen molar-refractivity contribution in [3.8, 4) is 0 Å². The summed E-state index contributed by atoms with van der Waals surface area (Å²) in [6.07, 6.45) is 0.116. The van der Waals surface area contributed by atoms with Crippen molar-refractivity contribution in [1.82, 2.24) is 10.2 Å². The van der Waals surface area contributed by atoms with Crippen LogP contribution in [0, 0.1) is 0 Å². The number of carbonyl (C=O) groups excluding carboxylic acids is 3. The lowest BCUT2D eigenvalue weighted by Crippen LogP contribution is -2.44. The van der Waals surface area contributed by atoms with Gasteiger partial charge >= 0.3 is 5.97 Å². The second-order valence-corrected chi connectivity index (χ2v) is 3.83. The Kier molecular flexibility index (Phi) is 4.78. The highest BCUT2D eigenvalue weighted by Crippen LogP contribution is 2.11. The Morgan fingerprint density at radius 3 is 2.28 bits per heavy atom. The zero-order valence-electron chi connectivity index (χ0n) is 9.59. The van der Waals surface area contributed by atoms with Gasteiger partial charge in [-0.3, -0.25) is 19.3 Å². The number of aliphatic carboxylic acids is 1. The quantitative estimate of drug-likeness (QED) is 0.477. The van der Waals surface area contributed by atoms with Crippen LogP contribution in [0.4, 0.5) is 0 Å². The fraction of sp³-hybridized carbons (Fsp3) is 0.600. The number of aliphatic hydroxyl groups is 1. The summed E-state index contributed by atoms with van der Waals surface area (Å²) >= 11 is 0. The van der Waals surface area contributed by atoms with Crippen LogP contribution in [-0.2, 0) is 19.2 Å². The van der Waals surface area contributed by atoms with Crippen molar-refractivity contribution in [2.45, 2.75) is 25.3 Å². The van der Waals surface area contributed by atoms with Crippen molar-refractivity contribution in [1.29, 1.82) is 0 Å². The molecule has 1 atom stereocenters. The maximum Gasteiger partial charge on any atom is 0.328 e. The van der Waals surface area contributed by atoms with Gasteiger partial charge in [-0.25, -0.2) is 4.79 Å². The summed E-state index contributed by atoms with van der Waals surface area (Å²) in [6.45, 7) is -0.788. The summed E-state index contributed by atoms with van der Waals surface area (Å²) < 4.78 is 0. The molecule has 1 aliphatic heterocycles. The second-order valence-electron chi connectivity index (χ2n) is 3.83. The average molecular weight is 258 g/mol. The minimum atomic E-state index is -1.37. The van der Waals surface area contributed by atoms with E-state index in [1.807, 2.05) is 0 Å². The molecular weight excluding hydrogens is 244 g/mol. The molecule has 1 rings (SSSR count). The molecule has 0 aliphatic carbocycles. The molecule has 0 aromatic heterocycles. The second kappa shape index (κ2) is 6.10. The van der Waals surface area contributed by atoms with Crippen LogP contribution in [0.25, 0.3) is 0 Å². The van der Waals surface area contributed by atoms with Gasteiger partial charge in [-0.1, -0.05) is 0 Å². The molecule has 1 heterocycles. The number of carboxylic acids is 1. The van der Waals surface area contributed by atoms with E-state index in [0.717, 1.165) is 4.90 Å². The van der Waals surface area contributed by atoms with E-state index in [9.17, 15) is 19.2 Å². The number of imide groups is 1. The number of aliphatic hydroxyl groups excluding tert-OH is 1. The van der Waals surface area contributed by atoms with Crippen LogP contribution in [0.1, 0.15) is 19.3 Å². The van der Waals surface area contributed by atoms with E-state index >= 15 is 0 Å². The molecule has 8 heteroatoms. The predicted octanol–water partition coefficient (Wildman–Crippen LogP) is -1.91. The molecule has 0 aromatic carbocycles. The van der Waals surface area contributed by atoms with Gasteiger partial charge in [-0.05, 0) is 0 Å². The molecule has 1 aliphatic rings. The highest BCUT2D eigenvalue weighted by molar-refractivity contribution is 6.02. The molecule has 3 amide bonds. The van der Waals surface area contributed by atoms with Gasteiger partial charge in [-0.2, -0.15) is 0 Å². The molecule has 18 heavy (non-hydrogen) atoms. The number of amides is 3. The molecule has 1 saturated heterocycles. The van der Waals surface area contributed by atoms with Gasteiger partial charge in [-0.15, -0.1) is 0 Å². The van der Waals surface area contributed by atoms with Gasteiger partial charge in [0, 0.05) is 25.8 Å². The Morgan fingerprint density at radius 2 is 1.83 bits per heavy atom. The third-order valence-electron chi connectivity index (χ3n) is 2.53. The first-order valence-electron chi connectivity index (χ1n) is 5.42. The summed E-state index contributed by atoms with van der Waals surface area (Å²) in [4.78, 5) is 45.3. The fourth-order valence-electron chi connectivity index (χ4n) is 1.54. The van der Waals surface area contributed by atoms with E-state index in [0.29, 0.717) is 0 Å². The summed E-state index contributed by atoms with van der Waals surface area (Å²) in [7, 11) is 0. The SMILES string of the molecule is O=C(CCN1C(=O)CCC1=O)N[C@H](CO)C(=O)O. The highest BCUT2D eigenvalue weighted by atomic mass is 16.4. The third kappa shape index (κ3) is 3.52. The Morgan fingerprint density at radius 1 is 1.28 bits per heavy atom. The van der Waals surface area contributed by atoms with Crippen molar-refractivity contribution in [3.63, 3.8) is 0 Å². The zero-order chi connectivity index (χ0) is 13.7. The Balaban J connectivity index is 2.39. The van der Waals surface area contributed by atoms with E-state index in [2.05, 4.69) is 5.32 Å². The van der Waals surface area contributed by atoms with Crippen molar-refractivity contribution in [2.75, 3.05) is 13.2 Å². The first-order valence-corrected chi connectivity index (χ1v) is 5.42. The van der Waals surface area contributed by atoms with Crippen LogP contribution in [0.2, 0.25) is 0 Å². The van der Waals surface area contributed by atoms with Gasteiger partial charge in [0.25, 0.3) is 0 Å². The number of rotatable bonds is 6. The number of hydrogen-bond acceptors (Lipinski definition) is 5.